The molecule has 1 saturated heterocycles. The average Bonchev–Trinajstić information content (AvgIpc) is 3.36. The minimum atomic E-state index is -4.40. The van der Waals surface area contributed by atoms with Crippen molar-refractivity contribution in [2.75, 3.05) is 52.9 Å². The SMILES string of the molecule is CN(CCN1CCN(C(=O)OCc2ccc(C(F)(F)F)cc2)CC1)CC1(C)Cn2cc([N+](=O)[O-])nc2O1. The molecule has 37 heavy (non-hydrogen) atoms. The third kappa shape index (κ3) is 6.68. The predicted octanol–water partition coefficient (Wildman–Crippen LogP) is 2.85. The number of nitrogens with zero attached hydrogens (tertiary/aromatic N) is 6. The molecule has 0 spiro atoms. The summed E-state index contributed by atoms with van der Waals surface area (Å²) >= 11 is 0. The van der Waals surface area contributed by atoms with Gasteiger partial charge in [-0.15, -0.1) is 0 Å². The molecular weight excluding hydrogens is 497 g/mol. The van der Waals surface area contributed by atoms with Crippen LogP contribution in [0.2, 0.25) is 0 Å². The molecule has 1 unspecified atom stereocenters. The van der Waals surface area contributed by atoms with Crippen molar-refractivity contribution < 1.29 is 32.4 Å². The van der Waals surface area contributed by atoms with E-state index in [1.165, 1.54) is 18.3 Å². The van der Waals surface area contributed by atoms with Crippen molar-refractivity contribution in [3.8, 4) is 6.01 Å². The monoisotopic (exact) mass is 526 g/mol. The summed E-state index contributed by atoms with van der Waals surface area (Å²) in [6.45, 7) is 6.84. The minimum Gasteiger partial charge on any atom is -0.445 e. The zero-order valence-electron chi connectivity index (χ0n) is 20.6. The topological polar surface area (TPSA) is 106 Å². The number of piperazine rings is 1. The second-order valence-electron chi connectivity index (χ2n) is 9.63. The van der Waals surface area contributed by atoms with Gasteiger partial charge in [0.1, 0.15) is 18.4 Å². The molecule has 1 atom stereocenters. The quantitative estimate of drug-likeness (QED) is 0.382. The number of alkyl halides is 3. The molecule has 202 valence electrons. The molecule has 11 nitrogen and oxygen atoms in total. The Hall–Kier alpha value is -3.39. The molecule has 2 aromatic rings. The van der Waals surface area contributed by atoms with Gasteiger partial charge < -0.3 is 29.4 Å². The lowest BCUT2D eigenvalue weighted by Crippen LogP contribution is -2.51. The molecule has 1 aromatic heterocycles. The third-order valence-electron chi connectivity index (χ3n) is 6.43. The van der Waals surface area contributed by atoms with Crippen molar-refractivity contribution in [2.24, 2.45) is 0 Å². The third-order valence-corrected chi connectivity index (χ3v) is 6.43. The maximum Gasteiger partial charge on any atom is 0.416 e. The fraction of sp³-hybridized carbons (Fsp3) is 0.565. The summed E-state index contributed by atoms with van der Waals surface area (Å²) in [6.07, 6.45) is -3.50. The first kappa shape index (κ1) is 26.7. The number of rotatable bonds is 8. The highest BCUT2D eigenvalue weighted by molar-refractivity contribution is 5.67. The molecule has 1 aromatic carbocycles. The number of hydrogen-bond acceptors (Lipinski definition) is 8. The summed E-state index contributed by atoms with van der Waals surface area (Å²) in [6, 6.07) is 4.81. The number of likely N-dealkylation sites (N-methyl/N-ethyl adjacent to an activating group) is 1. The fourth-order valence-corrected chi connectivity index (χ4v) is 4.51. The number of benzene rings is 1. The van der Waals surface area contributed by atoms with Crippen LogP contribution in [0.25, 0.3) is 0 Å². The summed E-state index contributed by atoms with van der Waals surface area (Å²) in [7, 11) is 1.98. The number of halogens is 3. The molecule has 1 amide bonds. The Labute approximate surface area is 211 Å². The van der Waals surface area contributed by atoms with E-state index in [0.29, 0.717) is 44.8 Å². The van der Waals surface area contributed by atoms with Gasteiger partial charge >= 0.3 is 24.1 Å². The molecule has 4 rings (SSSR count). The molecule has 0 radical (unpaired) electrons. The number of carbonyl (C=O) groups is 1. The summed E-state index contributed by atoms with van der Waals surface area (Å²) in [4.78, 5) is 32.6. The Kier molecular flexibility index (Phi) is 7.59. The van der Waals surface area contributed by atoms with E-state index in [4.69, 9.17) is 9.47 Å². The Morgan fingerprint density at radius 3 is 2.51 bits per heavy atom. The van der Waals surface area contributed by atoms with E-state index in [9.17, 15) is 28.1 Å². The largest absolute Gasteiger partial charge is 0.445 e. The highest BCUT2D eigenvalue weighted by Gasteiger charge is 2.41. The molecule has 2 aliphatic heterocycles. The van der Waals surface area contributed by atoms with Crippen molar-refractivity contribution in [3.05, 3.63) is 51.7 Å². The summed E-state index contributed by atoms with van der Waals surface area (Å²) in [5, 5.41) is 10.9. The maximum atomic E-state index is 12.7. The molecule has 0 aliphatic carbocycles. The van der Waals surface area contributed by atoms with Gasteiger partial charge in [0.05, 0.1) is 12.1 Å². The second-order valence-corrected chi connectivity index (χ2v) is 9.63. The van der Waals surface area contributed by atoms with Crippen LogP contribution in [-0.4, -0.2) is 93.7 Å². The molecule has 0 bridgehead atoms. The molecule has 0 saturated carbocycles. The number of hydrogen-bond donors (Lipinski definition) is 0. The van der Waals surface area contributed by atoms with Crippen molar-refractivity contribution in [1.82, 2.24) is 24.3 Å². The number of fused-ring (bicyclic) bond motifs is 1. The van der Waals surface area contributed by atoms with Gasteiger partial charge in [-0.1, -0.05) is 12.1 Å². The summed E-state index contributed by atoms with van der Waals surface area (Å²) < 4.78 is 50.8. The van der Waals surface area contributed by atoms with E-state index >= 15 is 0 Å². The Morgan fingerprint density at radius 2 is 1.92 bits per heavy atom. The lowest BCUT2D eigenvalue weighted by atomic mass is 10.1. The Bertz CT molecular complexity index is 1090. The van der Waals surface area contributed by atoms with Crippen LogP contribution in [0, 0.1) is 10.1 Å². The Morgan fingerprint density at radius 1 is 1.24 bits per heavy atom. The molecule has 2 aliphatic rings. The second kappa shape index (κ2) is 10.5. The van der Waals surface area contributed by atoms with E-state index in [0.717, 1.165) is 25.2 Å². The van der Waals surface area contributed by atoms with Gasteiger partial charge in [-0.2, -0.15) is 13.2 Å². The van der Waals surface area contributed by atoms with E-state index in [-0.39, 0.29) is 18.4 Å². The van der Waals surface area contributed by atoms with Crippen LogP contribution in [0.5, 0.6) is 6.01 Å². The predicted molar refractivity (Wildman–Crippen MR) is 125 cm³/mol. The van der Waals surface area contributed by atoms with Crippen LogP contribution in [0.4, 0.5) is 23.8 Å². The lowest BCUT2D eigenvalue weighted by Gasteiger charge is -2.35. The van der Waals surface area contributed by atoms with Crippen LogP contribution in [-0.2, 0) is 24.1 Å². The van der Waals surface area contributed by atoms with E-state index in [2.05, 4.69) is 14.8 Å². The summed E-state index contributed by atoms with van der Waals surface area (Å²) in [5.74, 6) is -0.229. The molecule has 14 heteroatoms. The van der Waals surface area contributed by atoms with E-state index < -0.39 is 28.4 Å². The molecule has 1 fully saturated rings. The Balaban J connectivity index is 1.14. The number of ether oxygens (including phenoxy) is 2. The van der Waals surface area contributed by atoms with Crippen LogP contribution in [0.1, 0.15) is 18.1 Å². The highest BCUT2D eigenvalue weighted by Crippen LogP contribution is 2.31. The fourth-order valence-electron chi connectivity index (χ4n) is 4.51. The lowest BCUT2D eigenvalue weighted by molar-refractivity contribution is -0.389. The normalized spacial score (nSPS) is 20.1. The number of imidazole rings is 1. The van der Waals surface area contributed by atoms with Gasteiger partial charge in [0, 0.05) is 50.8 Å². The first-order chi connectivity index (χ1) is 17.4. The van der Waals surface area contributed by atoms with Crippen molar-refractivity contribution in [1.29, 1.82) is 0 Å². The zero-order chi connectivity index (χ0) is 26.8. The summed E-state index contributed by atoms with van der Waals surface area (Å²) in [5.41, 5.74) is -0.793. The number of nitro groups is 1. The molecular formula is C23H29F3N6O5. The van der Waals surface area contributed by atoms with Gasteiger partial charge in [0.2, 0.25) is 0 Å². The van der Waals surface area contributed by atoms with Gasteiger partial charge in [-0.05, 0) is 36.6 Å². The van der Waals surface area contributed by atoms with Gasteiger partial charge in [0.25, 0.3) is 0 Å². The number of amides is 1. The van der Waals surface area contributed by atoms with Crippen LogP contribution in [0.15, 0.2) is 30.5 Å². The van der Waals surface area contributed by atoms with Gasteiger partial charge in [0.15, 0.2) is 0 Å². The van der Waals surface area contributed by atoms with Gasteiger partial charge in [-0.3, -0.25) is 9.47 Å². The van der Waals surface area contributed by atoms with Crippen molar-refractivity contribution in [3.63, 3.8) is 0 Å². The van der Waals surface area contributed by atoms with Crippen molar-refractivity contribution >= 4 is 11.9 Å². The van der Waals surface area contributed by atoms with Crippen LogP contribution < -0.4 is 4.74 Å². The standard InChI is InChI=1S/C23H29F3N6O5/c1-22(16-31-13-19(32(34)35)27-20(31)37-22)15-28(2)7-8-29-9-11-30(12-10-29)21(33)36-14-17-3-5-18(6-4-17)23(24,25)26/h3-6,13H,7-12,14-16H2,1-2H3. The van der Waals surface area contributed by atoms with E-state index in [1.54, 1.807) is 9.47 Å². The molecule has 0 N–H and O–H groups in total. The minimum absolute atomic E-state index is 0.0875. The smallest absolute Gasteiger partial charge is 0.416 e. The van der Waals surface area contributed by atoms with E-state index in [1.807, 2.05) is 14.0 Å². The average molecular weight is 527 g/mol. The number of aromatic nitrogens is 2. The van der Waals surface area contributed by atoms with Crippen LogP contribution in [0.3, 0.4) is 0 Å². The first-order valence-corrected chi connectivity index (χ1v) is 11.8. The van der Waals surface area contributed by atoms with Crippen molar-refractivity contribution in [2.45, 2.75) is 31.9 Å². The first-order valence-electron chi connectivity index (χ1n) is 11.8. The van der Waals surface area contributed by atoms with Gasteiger partial charge in [-0.25, -0.2) is 4.79 Å². The number of carbonyl (C=O) groups excluding carboxylic acids is 1. The molecule has 3 heterocycles. The van der Waals surface area contributed by atoms with Crippen LogP contribution >= 0.6 is 0 Å². The highest BCUT2D eigenvalue weighted by atomic mass is 19.4. The maximum absolute atomic E-state index is 12.7. The zero-order valence-corrected chi connectivity index (χ0v) is 20.6.